The van der Waals surface area contributed by atoms with Gasteiger partial charge in [0, 0.05) is 55.0 Å². The molecule has 5 heterocycles. The summed E-state index contributed by atoms with van der Waals surface area (Å²) in [5.74, 6) is -3.02. The van der Waals surface area contributed by atoms with Gasteiger partial charge in [0.15, 0.2) is 5.78 Å². The molecule has 3 aliphatic rings. The van der Waals surface area contributed by atoms with Crippen LogP contribution in [-0.2, 0) is 28.8 Å². The second-order valence-electron chi connectivity index (χ2n) is 11.5. The number of ketones is 1. The van der Waals surface area contributed by atoms with Gasteiger partial charge >= 0.3 is 18.3 Å². The Morgan fingerprint density at radius 2 is 1.84 bits per heavy atom. The number of carbonyl (C=O) groups excluding carboxylic acids is 2. The van der Waals surface area contributed by atoms with Gasteiger partial charge in [0.25, 0.3) is 0 Å². The largest absolute Gasteiger partial charge is 0.416 e. The first-order valence-electron chi connectivity index (χ1n) is 13.9. The van der Waals surface area contributed by atoms with E-state index >= 15 is 0 Å². The Labute approximate surface area is 246 Å². The maximum atomic E-state index is 14.5. The van der Waals surface area contributed by atoms with Crippen molar-refractivity contribution in [1.29, 1.82) is 0 Å². The Bertz CT molecular complexity index is 1870. The number of allylic oxidation sites excluding steroid dienone is 2. The van der Waals surface area contributed by atoms with Crippen molar-refractivity contribution >= 4 is 39.5 Å². The number of aromatic nitrogens is 3. The van der Waals surface area contributed by atoms with Gasteiger partial charge in [-0.2, -0.15) is 22.0 Å². The number of benzene rings is 1. The number of carbonyl (C=O) groups is 2. The fraction of sp³-hybridized carbons (Fsp3) is 0.367. The highest BCUT2D eigenvalue weighted by atomic mass is 19.4. The highest BCUT2D eigenvalue weighted by Gasteiger charge is 2.50. The van der Waals surface area contributed by atoms with Gasteiger partial charge in [0.2, 0.25) is 5.85 Å². The van der Waals surface area contributed by atoms with E-state index in [1.54, 1.807) is 29.2 Å². The zero-order valence-electron chi connectivity index (χ0n) is 23.3. The molecule has 0 N–H and O–H groups in total. The number of hydrogen-bond acceptors (Lipinski definition) is 4. The maximum Gasteiger partial charge on any atom is 0.416 e. The van der Waals surface area contributed by atoms with Crippen molar-refractivity contribution in [1.82, 2.24) is 23.8 Å². The fourth-order valence-corrected chi connectivity index (χ4v) is 6.58. The number of halogens is 6. The predicted octanol–water partition coefficient (Wildman–Crippen LogP) is 6.13. The molecule has 0 bridgehead atoms. The summed E-state index contributed by atoms with van der Waals surface area (Å²) < 4.78 is 93.0. The molecular weight excluding hydrogens is 592 g/mol. The molecule has 230 valence electrons. The minimum absolute atomic E-state index is 0.0584. The predicted molar refractivity (Wildman–Crippen MR) is 146 cm³/mol. The zero-order chi connectivity index (χ0) is 31.2. The number of urea groups is 1. The summed E-state index contributed by atoms with van der Waals surface area (Å²) in [7, 11) is 0. The van der Waals surface area contributed by atoms with Crippen LogP contribution in [0, 0.1) is 0 Å². The number of pyridine rings is 1. The number of hydrogen-bond donors (Lipinski definition) is 0. The van der Waals surface area contributed by atoms with E-state index in [-0.39, 0.29) is 42.8 Å². The summed E-state index contributed by atoms with van der Waals surface area (Å²) in [5, 5.41) is 0.190. The lowest BCUT2D eigenvalue weighted by Crippen LogP contribution is -2.59. The Balaban J connectivity index is 1.35. The Kier molecular flexibility index (Phi) is 6.19. The Morgan fingerprint density at radius 1 is 1.05 bits per heavy atom. The molecule has 8 nitrogen and oxygen atoms in total. The van der Waals surface area contributed by atoms with Crippen LogP contribution in [-0.4, -0.2) is 67.2 Å². The van der Waals surface area contributed by atoms with Crippen LogP contribution >= 0.6 is 0 Å². The third kappa shape index (κ3) is 4.71. The first kappa shape index (κ1) is 28.4. The molecule has 3 aromatic heterocycles. The standard InChI is InChI=1S/C30H25F6N5O3/c1-28(31)15-40(16-29(32,33)44-28)27(43)39-9-8-38-14-21(20-11-18(30(34,35)36)10-17(13-39)26(20)38)25-19(5-6-23(25)42)22-12-37-24-4-2-3-7-41(22)24/h2-4,7,10-12,14H,5-6,8-9,13,15-16H2,1H3. The normalized spacial score (nSPS) is 22.4. The van der Waals surface area contributed by atoms with Gasteiger partial charge in [-0.05, 0) is 48.7 Å². The van der Waals surface area contributed by atoms with Crippen molar-refractivity contribution in [2.24, 2.45) is 0 Å². The lowest BCUT2D eigenvalue weighted by Gasteiger charge is -2.41. The summed E-state index contributed by atoms with van der Waals surface area (Å²) in [6.07, 6.45) is -3.07. The number of alkyl halides is 6. The number of rotatable bonds is 2. The molecule has 7 rings (SSSR count). The number of imidazole rings is 1. The van der Waals surface area contributed by atoms with Crippen molar-refractivity contribution in [2.45, 2.75) is 51.0 Å². The van der Waals surface area contributed by atoms with E-state index in [0.717, 1.165) is 24.0 Å². The molecule has 0 spiro atoms. The molecule has 1 saturated heterocycles. The lowest BCUT2D eigenvalue weighted by molar-refractivity contribution is -0.354. The average Bonchev–Trinajstić information content (AvgIpc) is 3.59. The van der Waals surface area contributed by atoms with Crippen LogP contribution in [0.25, 0.3) is 27.7 Å². The van der Waals surface area contributed by atoms with Crippen LogP contribution in [0.1, 0.15) is 42.1 Å². The van der Waals surface area contributed by atoms with Gasteiger partial charge in [0.05, 0.1) is 29.5 Å². The summed E-state index contributed by atoms with van der Waals surface area (Å²) in [6, 6.07) is 6.43. The number of ether oxygens (including phenoxy) is 1. The Morgan fingerprint density at radius 3 is 2.59 bits per heavy atom. The zero-order valence-corrected chi connectivity index (χ0v) is 23.3. The van der Waals surface area contributed by atoms with Gasteiger partial charge in [-0.15, -0.1) is 0 Å². The monoisotopic (exact) mass is 617 g/mol. The van der Waals surface area contributed by atoms with E-state index in [0.29, 0.717) is 44.9 Å². The summed E-state index contributed by atoms with van der Waals surface area (Å²) >= 11 is 0. The summed E-state index contributed by atoms with van der Waals surface area (Å²) in [4.78, 5) is 32.9. The minimum atomic E-state index is -4.76. The molecule has 2 aliphatic heterocycles. The molecule has 4 aromatic rings. The quantitative estimate of drug-likeness (QED) is 0.254. The van der Waals surface area contributed by atoms with Crippen LogP contribution in [0.4, 0.5) is 31.1 Å². The number of nitrogens with zero attached hydrogens (tertiary/aromatic N) is 5. The first-order chi connectivity index (χ1) is 20.7. The molecule has 44 heavy (non-hydrogen) atoms. The third-order valence-electron chi connectivity index (χ3n) is 8.28. The third-order valence-corrected chi connectivity index (χ3v) is 8.28. The summed E-state index contributed by atoms with van der Waals surface area (Å²) in [5.41, 5.74) is 2.19. The van der Waals surface area contributed by atoms with Crippen molar-refractivity contribution in [2.75, 3.05) is 19.6 Å². The number of morpholine rings is 1. The molecule has 0 saturated carbocycles. The van der Waals surface area contributed by atoms with Crippen LogP contribution in [0.3, 0.4) is 0 Å². The Hall–Kier alpha value is -4.33. The SMILES string of the molecule is CC1(F)CN(C(=O)N2CCn3cc(C4=C(c5cnc6ccccn56)CCC4=O)c4cc(C(F)(F)F)cc(c43)C2)CC(F)(F)O1. The summed E-state index contributed by atoms with van der Waals surface area (Å²) in [6.45, 7) is -1.49. The van der Waals surface area contributed by atoms with Gasteiger partial charge in [-0.25, -0.2) is 14.2 Å². The highest BCUT2D eigenvalue weighted by Crippen LogP contribution is 2.44. The smallest absolute Gasteiger partial charge is 0.345 e. The first-order valence-corrected chi connectivity index (χ1v) is 13.9. The van der Waals surface area contributed by atoms with E-state index in [2.05, 4.69) is 9.72 Å². The second-order valence-corrected chi connectivity index (χ2v) is 11.5. The molecule has 1 aliphatic carbocycles. The fourth-order valence-electron chi connectivity index (χ4n) is 6.58. The van der Waals surface area contributed by atoms with Gasteiger partial charge in [-0.1, -0.05) is 6.07 Å². The van der Waals surface area contributed by atoms with Gasteiger partial charge in [-0.3, -0.25) is 13.9 Å². The number of amides is 2. The topological polar surface area (TPSA) is 72.1 Å². The van der Waals surface area contributed by atoms with Crippen LogP contribution in [0.2, 0.25) is 0 Å². The lowest BCUT2D eigenvalue weighted by atomic mass is 9.96. The molecule has 1 atom stereocenters. The van der Waals surface area contributed by atoms with Gasteiger partial charge in [0.1, 0.15) is 12.2 Å². The average molecular weight is 618 g/mol. The number of fused-ring (bicyclic) bond motifs is 1. The molecule has 1 fully saturated rings. The van der Waals surface area contributed by atoms with Crippen LogP contribution in [0.15, 0.2) is 48.9 Å². The molecule has 1 aromatic carbocycles. The van der Waals surface area contributed by atoms with E-state index in [4.69, 9.17) is 0 Å². The van der Waals surface area contributed by atoms with Gasteiger partial charge < -0.3 is 14.4 Å². The van der Waals surface area contributed by atoms with Crippen molar-refractivity contribution in [3.63, 3.8) is 0 Å². The van der Waals surface area contributed by atoms with Crippen LogP contribution < -0.4 is 0 Å². The molecule has 14 heteroatoms. The highest BCUT2D eigenvalue weighted by molar-refractivity contribution is 6.33. The number of Topliss-reactive ketones (excluding diaryl/α,β-unsaturated/α-hetero) is 1. The minimum Gasteiger partial charge on any atom is -0.345 e. The molecule has 0 radical (unpaired) electrons. The molecule has 2 amide bonds. The molecule has 1 unspecified atom stereocenters. The second kappa shape index (κ2) is 9.58. The van der Waals surface area contributed by atoms with E-state index in [1.165, 1.54) is 0 Å². The van der Waals surface area contributed by atoms with Crippen molar-refractivity contribution < 1.29 is 40.7 Å². The van der Waals surface area contributed by atoms with Crippen LogP contribution in [0.5, 0.6) is 0 Å². The van der Waals surface area contributed by atoms with E-state index in [1.807, 2.05) is 16.5 Å². The van der Waals surface area contributed by atoms with Crippen molar-refractivity contribution in [3.8, 4) is 0 Å². The van der Waals surface area contributed by atoms with E-state index in [9.17, 15) is 35.9 Å². The maximum absolute atomic E-state index is 14.5. The van der Waals surface area contributed by atoms with E-state index < -0.39 is 42.8 Å². The van der Waals surface area contributed by atoms with Crippen molar-refractivity contribution in [3.05, 3.63) is 71.3 Å². The molecular formula is C30H25F6N5O3.